The van der Waals surface area contributed by atoms with Gasteiger partial charge in [0.1, 0.15) is 5.78 Å². The number of Topliss-reactive ketones (excluding diaryl/α,β-unsaturated/α-hetero) is 1. The molecule has 0 spiro atoms. The minimum absolute atomic E-state index is 0.135. The molecule has 0 radical (unpaired) electrons. The highest BCUT2D eigenvalue weighted by Crippen LogP contribution is 2.22. The summed E-state index contributed by atoms with van der Waals surface area (Å²) < 4.78 is 0. The zero-order valence-corrected chi connectivity index (χ0v) is 7.84. The van der Waals surface area contributed by atoms with Crippen molar-refractivity contribution in [2.24, 2.45) is 0 Å². The van der Waals surface area contributed by atoms with Gasteiger partial charge in [-0.15, -0.1) is 0 Å². The van der Waals surface area contributed by atoms with Crippen molar-refractivity contribution in [1.82, 2.24) is 0 Å². The van der Waals surface area contributed by atoms with Gasteiger partial charge in [0.15, 0.2) is 0 Å². The molecule has 0 amide bonds. The largest absolute Gasteiger partial charge is 0.298 e. The molecule has 0 aliphatic heterocycles. The molecule has 0 fully saturated rings. The maximum Gasteiger partial charge on any atom is 0.147 e. The van der Waals surface area contributed by atoms with Crippen LogP contribution >= 0.6 is 15.9 Å². The van der Waals surface area contributed by atoms with Gasteiger partial charge in [-0.25, -0.2) is 0 Å². The molecule has 0 unspecified atom stereocenters. The van der Waals surface area contributed by atoms with Gasteiger partial charge in [0.05, 0.1) is 4.83 Å². The number of hydrogen-bond acceptors (Lipinski definition) is 1. The zero-order chi connectivity index (χ0) is 8.27. The van der Waals surface area contributed by atoms with Crippen molar-refractivity contribution in [3.05, 3.63) is 35.9 Å². The minimum Gasteiger partial charge on any atom is -0.298 e. The Morgan fingerprint density at radius 2 is 1.91 bits per heavy atom. The zero-order valence-electron chi connectivity index (χ0n) is 6.25. The fraction of sp³-hybridized carbons (Fsp3) is 0.222. The van der Waals surface area contributed by atoms with E-state index in [1.54, 1.807) is 6.92 Å². The normalized spacial score (nSPS) is 12.5. The summed E-state index contributed by atoms with van der Waals surface area (Å²) in [5, 5.41) is 0. The van der Waals surface area contributed by atoms with E-state index >= 15 is 0 Å². The third kappa shape index (κ3) is 2.15. The standard InChI is InChI=1S/C9H9BrO/c1-7(11)9(10)8-5-3-2-4-6-8/h2-6,9H,1H3/t9-/m0/s1. The van der Waals surface area contributed by atoms with E-state index in [9.17, 15) is 4.79 Å². The van der Waals surface area contributed by atoms with E-state index in [0.29, 0.717) is 0 Å². The van der Waals surface area contributed by atoms with Crippen LogP contribution in [0, 0.1) is 0 Å². The van der Waals surface area contributed by atoms with Crippen LogP contribution in [0.2, 0.25) is 0 Å². The Morgan fingerprint density at radius 3 is 2.36 bits per heavy atom. The molecule has 0 aliphatic rings. The van der Waals surface area contributed by atoms with Crippen LogP contribution in [-0.2, 0) is 4.79 Å². The lowest BCUT2D eigenvalue weighted by atomic mass is 10.1. The number of carbonyl (C=O) groups is 1. The summed E-state index contributed by atoms with van der Waals surface area (Å²) in [5.74, 6) is 0.135. The second-order valence-corrected chi connectivity index (χ2v) is 3.30. The minimum atomic E-state index is -0.149. The van der Waals surface area contributed by atoms with Gasteiger partial charge in [0.25, 0.3) is 0 Å². The molecule has 1 aromatic rings. The Balaban J connectivity index is 2.85. The van der Waals surface area contributed by atoms with Crippen LogP contribution in [0.3, 0.4) is 0 Å². The number of alkyl halides is 1. The molecule has 1 rings (SSSR count). The van der Waals surface area contributed by atoms with Gasteiger partial charge < -0.3 is 0 Å². The van der Waals surface area contributed by atoms with Crippen LogP contribution < -0.4 is 0 Å². The molecule has 1 atom stereocenters. The predicted octanol–water partition coefficient (Wildman–Crippen LogP) is 2.71. The molecule has 0 N–H and O–H groups in total. The summed E-state index contributed by atoms with van der Waals surface area (Å²) in [7, 11) is 0. The summed E-state index contributed by atoms with van der Waals surface area (Å²) in [4.78, 5) is 10.7. The maximum atomic E-state index is 10.9. The number of rotatable bonds is 2. The Labute approximate surface area is 74.6 Å². The monoisotopic (exact) mass is 212 g/mol. The van der Waals surface area contributed by atoms with E-state index in [-0.39, 0.29) is 10.6 Å². The van der Waals surface area contributed by atoms with Crippen molar-refractivity contribution >= 4 is 21.7 Å². The lowest BCUT2D eigenvalue weighted by Crippen LogP contribution is -1.99. The third-order valence-electron chi connectivity index (χ3n) is 1.45. The van der Waals surface area contributed by atoms with Gasteiger partial charge in [0, 0.05) is 0 Å². The average molecular weight is 213 g/mol. The highest BCUT2D eigenvalue weighted by Gasteiger charge is 2.10. The number of hydrogen-bond donors (Lipinski definition) is 0. The van der Waals surface area contributed by atoms with Crippen LogP contribution in [0.4, 0.5) is 0 Å². The molecule has 0 aromatic heterocycles. The van der Waals surface area contributed by atoms with Crippen molar-refractivity contribution in [2.45, 2.75) is 11.8 Å². The molecule has 0 bridgehead atoms. The third-order valence-corrected chi connectivity index (χ3v) is 2.62. The molecule has 1 nitrogen and oxygen atoms in total. The van der Waals surface area contributed by atoms with Gasteiger partial charge in [-0.05, 0) is 12.5 Å². The summed E-state index contributed by atoms with van der Waals surface area (Å²) in [5.41, 5.74) is 1.01. The quantitative estimate of drug-likeness (QED) is 0.690. The van der Waals surface area contributed by atoms with E-state index in [1.807, 2.05) is 30.3 Å². The molecular weight excluding hydrogens is 204 g/mol. The Bertz CT molecular complexity index is 243. The molecule has 58 valence electrons. The van der Waals surface area contributed by atoms with Gasteiger partial charge in [-0.3, -0.25) is 4.79 Å². The first-order valence-corrected chi connectivity index (χ1v) is 4.33. The summed E-state index contributed by atoms with van der Waals surface area (Å²) in [6, 6.07) is 9.64. The molecule has 1 aromatic carbocycles. The molecule has 0 aliphatic carbocycles. The van der Waals surface area contributed by atoms with Gasteiger partial charge >= 0.3 is 0 Å². The molecule has 0 heterocycles. The van der Waals surface area contributed by atoms with Gasteiger partial charge in [0.2, 0.25) is 0 Å². The fourth-order valence-corrected chi connectivity index (χ4v) is 1.16. The SMILES string of the molecule is CC(=O)[C@H](Br)c1ccccc1. The first kappa shape index (κ1) is 8.47. The predicted molar refractivity (Wildman–Crippen MR) is 48.8 cm³/mol. The Morgan fingerprint density at radius 1 is 1.36 bits per heavy atom. The maximum absolute atomic E-state index is 10.9. The highest BCUT2D eigenvalue weighted by atomic mass is 79.9. The van der Waals surface area contributed by atoms with Crippen molar-refractivity contribution in [3.63, 3.8) is 0 Å². The summed E-state index contributed by atoms with van der Waals surface area (Å²) >= 11 is 3.30. The first-order chi connectivity index (χ1) is 5.22. The number of benzene rings is 1. The second kappa shape index (κ2) is 3.67. The number of ketones is 1. The van der Waals surface area contributed by atoms with E-state index in [4.69, 9.17) is 0 Å². The Hall–Kier alpha value is -0.630. The summed E-state index contributed by atoms with van der Waals surface area (Å²) in [6.45, 7) is 1.58. The van der Waals surface area contributed by atoms with Crippen molar-refractivity contribution < 1.29 is 4.79 Å². The molecule has 0 saturated carbocycles. The molecular formula is C9H9BrO. The van der Waals surface area contributed by atoms with Crippen molar-refractivity contribution in [3.8, 4) is 0 Å². The van der Waals surface area contributed by atoms with Crippen LogP contribution in [0.15, 0.2) is 30.3 Å². The second-order valence-electron chi connectivity index (χ2n) is 2.38. The van der Waals surface area contributed by atoms with Crippen LogP contribution in [0.25, 0.3) is 0 Å². The summed E-state index contributed by atoms with van der Waals surface area (Å²) in [6.07, 6.45) is 0. The first-order valence-electron chi connectivity index (χ1n) is 3.41. The van der Waals surface area contributed by atoms with Crippen LogP contribution in [0.5, 0.6) is 0 Å². The van der Waals surface area contributed by atoms with E-state index in [1.165, 1.54) is 0 Å². The number of halogens is 1. The smallest absolute Gasteiger partial charge is 0.147 e. The molecule has 2 heteroatoms. The molecule has 0 saturated heterocycles. The average Bonchev–Trinajstić information content (AvgIpc) is 2.05. The van der Waals surface area contributed by atoms with Gasteiger partial charge in [-0.2, -0.15) is 0 Å². The lowest BCUT2D eigenvalue weighted by molar-refractivity contribution is -0.116. The van der Waals surface area contributed by atoms with E-state index in [0.717, 1.165) is 5.56 Å². The van der Waals surface area contributed by atoms with Crippen LogP contribution in [0.1, 0.15) is 17.3 Å². The van der Waals surface area contributed by atoms with Crippen molar-refractivity contribution in [2.75, 3.05) is 0 Å². The Kier molecular flexibility index (Phi) is 2.83. The van der Waals surface area contributed by atoms with Gasteiger partial charge in [-0.1, -0.05) is 46.3 Å². The lowest BCUT2D eigenvalue weighted by Gasteiger charge is -2.03. The molecule has 11 heavy (non-hydrogen) atoms. The van der Waals surface area contributed by atoms with E-state index in [2.05, 4.69) is 15.9 Å². The van der Waals surface area contributed by atoms with Crippen molar-refractivity contribution in [1.29, 1.82) is 0 Å². The van der Waals surface area contributed by atoms with Crippen LogP contribution in [-0.4, -0.2) is 5.78 Å². The number of carbonyl (C=O) groups excluding carboxylic acids is 1. The van der Waals surface area contributed by atoms with E-state index < -0.39 is 0 Å². The topological polar surface area (TPSA) is 17.1 Å². The fourth-order valence-electron chi connectivity index (χ4n) is 0.857. The highest BCUT2D eigenvalue weighted by molar-refractivity contribution is 9.09.